The standard InChI is InChI=1S/C20H26Cl2N2O2/c1-4-25-19-12-16(13-23-9-10-24(2)3)11-18(22)20(19)26-14-15-5-7-17(21)8-6-15/h5-8,11-12,23H,4,9-10,13-14H2,1-3H3. The highest BCUT2D eigenvalue weighted by Crippen LogP contribution is 2.37. The minimum Gasteiger partial charge on any atom is -0.490 e. The van der Waals surface area contributed by atoms with Crippen LogP contribution in [-0.4, -0.2) is 38.7 Å². The van der Waals surface area contributed by atoms with E-state index in [-0.39, 0.29) is 0 Å². The Morgan fingerprint density at radius 2 is 1.73 bits per heavy atom. The lowest BCUT2D eigenvalue weighted by atomic mass is 10.2. The summed E-state index contributed by atoms with van der Waals surface area (Å²) in [7, 11) is 4.11. The minimum absolute atomic E-state index is 0.400. The monoisotopic (exact) mass is 396 g/mol. The molecular formula is C20H26Cl2N2O2. The van der Waals surface area contributed by atoms with Crippen LogP contribution in [0.15, 0.2) is 36.4 Å². The van der Waals surface area contributed by atoms with Gasteiger partial charge in [0.2, 0.25) is 0 Å². The van der Waals surface area contributed by atoms with Gasteiger partial charge in [-0.2, -0.15) is 0 Å². The Morgan fingerprint density at radius 3 is 2.38 bits per heavy atom. The third kappa shape index (κ3) is 6.69. The second-order valence-corrected chi connectivity index (χ2v) is 7.08. The van der Waals surface area contributed by atoms with Gasteiger partial charge in [-0.3, -0.25) is 0 Å². The fourth-order valence-corrected chi connectivity index (χ4v) is 2.81. The van der Waals surface area contributed by atoms with Crippen molar-refractivity contribution in [2.45, 2.75) is 20.1 Å². The summed E-state index contributed by atoms with van der Waals surface area (Å²) < 4.78 is 11.7. The molecule has 0 aliphatic heterocycles. The van der Waals surface area contributed by atoms with Crippen molar-refractivity contribution in [3.05, 3.63) is 57.6 Å². The molecule has 0 amide bonds. The highest BCUT2D eigenvalue weighted by atomic mass is 35.5. The average molecular weight is 397 g/mol. The SMILES string of the molecule is CCOc1cc(CNCCN(C)C)cc(Cl)c1OCc1ccc(Cl)cc1. The molecule has 1 N–H and O–H groups in total. The van der Waals surface area contributed by atoms with Gasteiger partial charge in [-0.1, -0.05) is 35.3 Å². The molecule has 2 rings (SSSR count). The van der Waals surface area contributed by atoms with Gasteiger partial charge < -0.3 is 19.7 Å². The molecule has 0 aromatic heterocycles. The summed E-state index contributed by atoms with van der Waals surface area (Å²) in [5.74, 6) is 1.24. The van der Waals surface area contributed by atoms with Crippen LogP contribution in [0.2, 0.25) is 10.0 Å². The predicted octanol–water partition coefficient (Wildman–Crippen LogP) is 4.62. The van der Waals surface area contributed by atoms with Gasteiger partial charge in [0.25, 0.3) is 0 Å². The highest BCUT2D eigenvalue weighted by Gasteiger charge is 2.13. The first-order valence-corrected chi connectivity index (χ1v) is 9.43. The largest absolute Gasteiger partial charge is 0.490 e. The Bertz CT molecular complexity index is 691. The van der Waals surface area contributed by atoms with Crippen LogP contribution in [0.4, 0.5) is 0 Å². The maximum absolute atomic E-state index is 6.46. The molecule has 0 saturated heterocycles. The normalized spacial score (nSPS) is 11.0. The summed E-state index contributed by atoms with van der Waals surface area (Å²) in [6, 6.07) is 11.4. The van der Waals surface area contributed by atoms with Crippen LogP contribution in [0.25, 0.3) is 0 Å². The predicted molar refractivity (Wildman–Crippen MR) is 109 cm³/mol. The molecule has 0 heterocycles. The lowest BCUT2D eigenvalue weighted by Gasteiger charge is -2.16. The highest BCUT2D eigenvalue weighted by molar-refractivity contribution is 6.32. The first kappa shape index (κ1) is 20.8. The van der Waals surface area contributed by atoms with Crippen LogP contribution in [-0.2, 0) is 13.2 Å². The lowest BCUT2D eigenvalue weighted by molar-refractivity contribution is 0.269. The van der Waals surface area contributed by atoms with Crippen molar-refractivity contribution in [2.24, 2.45) is 0 Å². The van der Waals surface area contributed by atoms with Crippen molar-refractivity contribution in [1.82, 2.24) is 10.2 Å². The third-order valence-corrected chi connectivity index (χ3v) is 4.26. The molecule has 2 aromatic carbocycles. The summed E-state index contributed by atoms with van der Waals surface area (Å²) in [4.78, 5) is 2.14. The molecule has 26 heavy (non-hydrogen) atoms. The van der Waals surface area contributed by atoms with Crippen molar-refractivity contribution >= 4 is 23.2 Å². The molecule has 0 aliphatic carbocycles. The number of rotatable bonds is 10. The topological polar surface area (TPSA) is 33.7 Å². The molecule has 0 fully saturated rings. The van der Waals surface area contributed by atoms with Gasteiger partial charge in [0.15, 0.2) is 11.5 Å². The Balaban J connectivity index is 2.05. The molecule has 0 unspecified atom stereocenters. The summed E-state index contributed by atoms with van der Waals surface area (Å²) in [6.07, 6.45) is 0. The fraction of sp³-hybridized carbons (Fsp3) is 0.400. The van der Waals surface area contributed by atoms with Crippen LogP contribution < -0.4 is 14.8 Å². The maximum atomic E-state index is 6.46. The van der Waals surface area contributed by atoms with Crippen LogP contribution in [0.5, 0.6) is 11.5 Å². The summed E-state index contributed by atoms with van der Waals surface area (Å²) in [5, 5.41) is 4.66. The summed E-state index contributed by atoms with van der Waals surface area (Å²) in [6.45, 7) is 5.50. The number of hydrogen-bond donors (Lipinski definition) is 1. The van der Waals surface area contributed by atoms with Crippen LogP contribution >= 0.6 is 23.2 Å². The van der Waals surface area contributed by atoms with Gasteiger partial charge in [0.1, 0.15) is 6.61 Å². The van der Waals surface area contributed by atoms with Gasteiger partial charge in [-0.15, -0.1) is 0 Å². The average Bonchev–Trinajstić information content (AvgIpc) is 2.59. The quantitative estimate of drug-likeness (QED) is 0.593. The zero-order chi connectivity index (χ0) is 18.9. The van der Waals surface area contributed by atoms with Crippen molar-refractivity contribution in [3.8, 4) is 11.5 Å². The molecular weight excluding hydrogens is 371 g/mol. The van der Waals surface area contributed by atoms with Gasteiger partial charge in [-0.05, 0) is 56.4 Å². The van der Waals surface area contributed by atoms with E-state index in [1.807, 2.05) is 43.3 Å². The molecule has 0 saturated carbocycles. The maximum Gasteiger partial charge on any atom is 0.180 e. The van der Waals surface area contributed by atoms with Gasteiger partial charge in [0.05, 0.1) is 11.6 Å². The second-order valence-electron chi connectivity index (χ2n) is 6.23. The van der Waals surface area contributed by atoms with E-state index in [0.717, 1.165) is 30.8 Å². The van der Waals surface area contributed by atoms with E-state index in [0.29, 0.717) is 34.8 Å². The number of ether oxygens (including phenoxy) is 2. The molecule has 2 aromatic rings. The smallest absolute Gasteiger partial charge is 0.180 e. The molecule has 142 valence electrons. The van der Waals surface area contributed by atoms with Crippen LogP contribution in [0, 0.1) is 0 Å². The molecule has 6 heteroatoms. The van der Waals surface area contributed by atoms with Gasteiger partial charge in [-0.25, -0.2) is 0 Å². The van der Waals surface area contributed by atoms with Gasteiger partial charge >= 0.3 is 0 Å². The lowest BCUT2D eigenvalue weighted by Crippen LogP contribution is -2.26. The molecule has 0 aliphatic rings. The van der Waals surface area contributed by atoms with Crippen LogP contribution in [0.1, 0.15) is 18.1 Å². The Kier molecular flexibility index (Phi) is 8.52. The van der Waals surface area contributed by atoms with E-state index in [2.05, 4.69) is 24.3 Å². The first-order chi connectivity index (χ1) is 12.5. The summed E-state index contributed by atoms with van der Waals surface area (Å²) >= 11 is 12.4. The number of hydrogen-bond acceptors (Lipinski definition) is 4. The number of nitrogens with zero attached hydrogens (tertiary/aromatic N) is 1. The zero-order valence-corrected chi connectivity index (χ0v) is 17.0. The Labute approximate surface area is 166 Å². The van der Waals surface area contributed by atoms with E-state index >= 15 is 0 Å². The van der Waals surface area contributed by atoms with E-state index in [1.165, 1.54) is 0 Å². The molecule has 4 nitrogen and oxygen atoms in total. The Morgan fingerprint density at radius 1 is 1.00 bits per heavy atom. The van der Waals surface area contributed by atoms with Crippen molar-refractivity contribution in [1.29, 1.82) is 0 Å². The first-order valence-electron chi connectivity index (χ1n) is 8.67. The van der Waals surface area contributed by atoms with Crippen molar-refractivity contribution in [2.75, 3.05) is 33.8 Å². The minimum atomic E-state index is 0.400. The third-order valence-electron chi connectivity index (χ3n) is 3.73. The Hall–Kier alpha value is -1.46. The number of likely N-dealkylation sites (N-methyl/N-ethyl adjacent to an activating group) is 1. The van der Waals surface area contributed by atoms with E-state index in [9.17, 15) is 0 Å². The second kappa shape index (κ2) is 10.6. The molecule has 0 atom stereocenters. The van der Waals surface area contributed by atoms with E-state index in [4.69, 9.17) is 32.7 Å². The fourth-order valence-electron chi connectivity index (χ4n) is 2.40. The zero-order valence-electron chi connectivity index (χ0n) is 15.5. The van der Waals surface area contributed by atoms with Crippen LogP contribution in [0.3, 0.4) is 0 Å². The number of nitrogens with one attached hydrogen (secondary N) is 1. The number of halogens is 2. The van der Waals surface area contributed by atoms with E-state index in [1.54, 1.807) is 0 Å². The summed E-state index contributed by atoms with van der Waals surface area (Å²) in [5.41, 5.74) is 2.08. The molecule has 0 spiro atoms. The van der Waals surface area contributed by atoms with Crippen molar-refractivity contribution in [3.63, 3.8) is 0 Å². The van der Waals surface area contributed by atoms with E-state index < -0.39 is 0 Å². The van der Waals surface area contributed by atoms with Gasteiger partial charge in [0, 0.05) is 24.7 Å². The molecule has 0 bridgehead atoms. The molecule has 0 radical (unpaired) electrons. The van der Waals surface area contributed by atoms with Crippen molar-refractivity contribution < 1.29 is 9.47 Å². The number of benzene rings is 2.